The van der Waals surface area contributed by atoms with Crippen molar-refractivity contribution in [1.82, 2.24) is 4.98 Å². The van der Waals surface area contributed by atoms with Gasteiger partial charge < -0.3 is 5.32 Å². The van der Waals surface area contributed by atoms with Crippen LogP contribution in [0, 0.1) is 11.3 Å². The van der Waals surface area contributed by atoms with E-state index in [-0.39, 0.29) is 17.4 Å². The Labute approximate surface area is 114 Å². The fourth-order valence-electron chi connectivity index (χ4n) is 1.42. The Bertz CT molecular complexity index is 468. The molecule has 3 nitrogen and oxygen atoms in total. The van der Waals surface area contributed by atoms with E-state index in [9.17, 15) is 13.2 Å². The Kier molecular flexibility index (Phi) is 5.48. The lowest BCUT2D eigenvalue weighted by molar-refractivity contribution is -0.141. The molecule has 0 amide bonds. The number of pyridine rings is 1. The number of alkyl halides is 3. The Morgan fingerprint density at radius 1 is 1.47 bits per heavy atom. The summed E-state index contributed by atoms with van der Waals surface area (Å²) in [6, 6.07) is 3.75. The van der Waals surface area contributed by atoms with Gasteiger partial charge in [0.2, 0.25) is 0 Å². The van der Waals surface area contributed by atoms with E-state index in [1.165, 1.54) is 0 Å². The van der Waals surface area contributed by atoms with Crippen molar-refractivity contribution in [3.63, 3.8) is 0 Å². The highest BCUT2D eigenvalue weighted by Gasteiger charge is 2.33. The summed E-state index contributed by atoms with van der Waals surface area (Å²) in [5.41, 5.74) is -0.880. The summed E-state index contributed by atoms with van der Waals surface area (Å²) in [6.07, 6.45) is -1.77. The minimum absolute atomic E-state index is 0.00840. The monoisotopic (exact) mass is 289 g/mol. The molecule has 0 fully saturated rings. The average molecular weight is 289 g/mol. The lowest BCUT2D eigenvalue weighted by Crippen LogP contribution is -2.19. The maximum Gasteiger partial charge on any atom is 0.433 e. The first-order valence-electron chi connectivity index (χ1n) is 5.62. The minimum atomic E-state index is -4.51. The molecule has 1 atom stereocenters. The molecule has 0 aromatic carbocycles. The highest BCUT2D eigenvalue weighted by Crippen LogP contribution is 2.29. The lowest BCUT2D eigenvalue weighted by Gasteiger charge is -2.16. The van der Waals surface area contributed by atoms with Gasteiger partial charge in [-0.2, -0.15) is 30.2 Å². The molecule has 7 heteroatoms. The number of anilines is 1. The van der Waals surface area contributed by atoms with Crippen molar-refractivity contribution in [2.75, 3.05) is 17.3 Å². The molecule has 1 aromatic heterocycles. The summed E-state index contributed by atoms with van der Waals surface area (Å²) in [6.45, 7) is 1.85. The number of aromatic nitrogens is 1. The van der Waals surface area contributed by atoms with Crippen molar-refractivity contribution in [3.8, 4) is 6.07 Å². The Hall–Kier alpha value is -1.42. The normalized spacial score (nSPS) is 12.8. The van der Waals surface area contributed by atoms with Crippen molar-refractivity contribution in [1.29, 1.82) is 5.26 Å². The van der Waals surface area contributed by atoms with Crippen LogP contribution in [0.2, 0.25) is 0 Å². The van der Waals surface area contributed by atoms with Crippen molar-refractivity contribution < 1.29 is 13.2 Å². The van der Waals surface area contributed by atoms with Gasteiger partial charge in [0, 0.05) is 6.04 Å². The molecule has 1 aromatic rings. The average Bonchev–Trinajstić information content (AvgIpc) is 2.35. The van der Waals surface area contributed by atoms with Crippen LogP contribution >= 0.6 is 11.8 Å². The second-order valence-electron chi connectivity index (χ2n) is 4.03. The summed E-state index contributed by atoms with van der Waals surface area (Å²) in [5, 5.41) is 11.7. The highest BCUT2D eigenvalue weighted by molar-refractivity contribution is 7.98. The van der Waals surface area contributed by atoms with Gasteiger partial charge in [-0.25, -0.2) is 4.98 Å². The topological polar surface area (TPSA) is 48.7 Å². The summed E-state index contributed by atoms with van der Waals surface area (Å²) in [5.74, 6) is 0.876. The van der Waals surface area contributed by atoms with Crippen LogP contribution in [0.1, 0.15) is 24.6 Å². The van der Waals surface area contributed by atoms with E-state index >= 15 is 0 Å². The molecular formula is C12H14F3N3S. The number of nitrogens with zero attached hydrogens (tertiary/aromatic N) is 2. The SMILES string of the molecule is CSCCC(C)Nc1nc(C(F)(F)F)ccc1C#N. The maximum absolute atomic E-state index is 12.6. The van der Waals surface area contributed by atoms with Gasteiger partial charge in [-0.05, 0) is 37.5 Å². The van der Waals surface area contributed by atoms with E-state index in [0.717, 1.165) is 24.3 Å². The largest absolute Gasteiger partial charge is 0.433 e. The molecule has 1 unspecified atom stereocenters. The molecule has 1 rings (SSSR count). The van der Waals surface area contributed by atoms with E-state index in [1.807, 2.05) is 19.2 Å². The van der Waals surface area contributed by atoms with E-state index < -0.39 is 11.9 Å². The van der Waals surface area contributed by atoms with Crippen molar-refractivity contribution in [2.45, 2.75) is 25.6 Å². The number of nitriles is 1. The Morgan fingerprint density at radius 3 is 2.68 bits per heavy atom. The molecule has 0 saturated heterocycles. The summed E-state index contributed by atoms with van der Waals surface area (Å²) < 4.78 is 37.7. The van der Waals surface area contributed by atoms with Gasteiger partial charge in [-0.3, -0.25) is 0 Å². The molecule has 1 N–H and O–H groups in total. The molecule has 0 aliphatic rings. The Balaban J connectivity index is 2.94. The maximum atomic E-state index is 12.6. The highest BCUT2D eigenvalue weighted by atomic mass is 32.2. The van der Waals surface area contributed by atoms with Gasteiger partial charge in [-0.15, -0.1) is 0 Å². The van der Waals surface area contributed by atoms with Crippen molar-refractivity contribution >= 4 is 17.6 Å². The first-order chi connectivity index (χ1) is 8.88. The van der Waals surface area contributed by atoms with Gasteiger partial charge in [0.1, 0.15) is 17.6 Å². The summed E-state index contributed by atoms with van der Waals surface area (Å²) in [7, 11) is 0. The number of hydrogen-bond acceptors (Lipinski definition) is 4. The second-order valence-corrected chi connectivity index (χ2v) is 5.01. The summed E-state index contributed by atoms with van der Waals surface area (Å²) >= 11 is 1.65. The van der Waals surface area contributed by atoms with Gasteiger partial charge in [-0.1, -0.05) is 0 Å². The molecule has 104 valence electrons. The number of thioether (sulfide) groups is 1. The zero-order valence-corrected chi connectivity index (χ0v) is 11.4. The fourth-order valence-corrected chi connectivity index (χ4v) is 2.01. The zero-order chi connectivity index (χ0) is 14.5. The molecule has 0 aliphatic heterocycles. The Morgan fingerprint density at radius 2 is 2.16 bits per heavy atom. The number of halogens is 3. The minimum Gasteiger partial charge on any atom is -0.366 e. The van der Waals surface area contributed by atoms with Gasteiger partial charge >= 0.3 is 6.18 Å². The molecular weight excluding hydrogens is 275 g/mol. The zero-order valence-electron chi connectivity index (χ0n) is 10.6. The summed E-state index contributed by atoms with van der Waals surface area (Å²) in [4.78, 5) is 3.50. The molecule has 0 saturated carbocycles. The lowest BCUT2D eigenvalue weighted by atomic mass is 10.2. The van der Waals surface area contributed by atoms with Crippen LogP contribution in [0.3, 0.4) is 0 Å². The quantitative estimate of drug-likeness (QED) is 0.901. The molecule has 1 heterocycles. The van der Waals surface area contributed by atoms with Crippen LogP contribution in [-0.2, 0) is 6.18 Å². The molecule has 0 radical (unpaired) electrons. The third-order valence-corrected chi connectivity index (χ3v) is 3.09. The van der Waals surface area contributed by atoms with Gasteiger partial charge in [0.25, 0.3) is 0 Å². The van der Waals surface area contributed by atoms with E-state index in [1.54, 1.807) is 11.8 Å². The predicted molar refractivity (Wildman–Crippen MR) is 70.0 cm³/mol. The standard InChI is InChI=1S/C12H14F3N3S/c1-8(5-6-19-2)17-11-9(7-16)3-4-10(18-11)12(13,14)15/h3-4,8H,5-6H2,1-2H3,(H,17,18). The van der Waals surface area contributed by atoms with Crippen molar-refractivity contribution in [2.24, 2.45) is 0 Å². The van der Waals surface area contributed by atoms with Gasteiger partial charge in [0.15, 0.2) is 0 Å². The van der Waals surface area contributed by atoms with Crippen molar-refractivity contribution in [3.05, 3.63) is 23.4 Å². The second kappa shape index (κ2) is 6.66. The smallest absolute Gasteiger partial charge is 0.366 e. The van der Waals surface area contributed by atoms with Crippen LogP contribution in [0.4, 0.5) is 19.0 Å². The van der Waals surface area contributed by atoms with Crippen LogP contribution in [-0.4, -0.2) is 23.0 Å². The number of rotatable bonds is 5. The fraction of sp³-hybridized carbons (Fsp3) is 0.500. The molecule has 0 bridgehead atoms. The van der Waals surface area contributed by atoms with Crippen LogP contribution < -0.4 is 5.32 Å². The molecule has 19 heavy (non-hydrogen) atoms. The number of hydrogen-bond donors (Lipinski definition) is 1. The molecule has 0 spiro atoms. The van der Waals surface area contributed by atoms with Crippen LogP contribution in [0.5, 0.6) is 0 Å². The van der Waals surface area contributed by atoms with E-state index in [0.29, 0.717) is 0 Å². The third-order valence-electron chi connectivity index (χ3n) is 2.44. The number of nitrogens with one attached hydrogen (secondary N) is 1. The van der Waals surface area contributed by atoms with Crippen LogP contribution in [0.25, 0.3) is 0 Å². The van der Waals surface area contributed by atoms with E-state index in [4.69, 9.17) is 5.26 Å². The predicted octanol–water partition coefficient (Wildman–Crippen LogP) is 3.53. The first kappa shape index (κ1) is 15.6. The third kappa shape index (κ3) is 4.63. The van der Waals surface area contributed by atoms with E-state index in [2.05, 4.69) is 10.3 Å². The first-order valence-corrected chi connectivity index (χ1v) is 7.01. The van der Waals surface area contributed by atoms with Crippen LogP contribution in [0.15, 0.2) is 12.1 Å². The molecule has 0 aliphatic carbocycles. The van der Waals surface area contributed by atoms with Gasteiger partial charge in [0.05, 0.1) is 5.56 Å².